The van der Waals surface area contributed by atoms with Gasteiger partial charge in [0.05, 0.1) is 13.2 Å². The maximum Gasteiger partial charge on any atom is 0.384 e. The van der Waals surface area contributed by atoms with Crippen molar-refractivity contribution in [3.63, 3.8) is 0 Å². The van der Waals surface area contributed by atoms with Crippen molar-refractivity contribution in [2.75, 3.05) is 13.2 Å². The van der Waals surface area contributed by atoms with Crippen molar-refractivity contribution in [3.05, 3.63) is 0 Å². The van der Waals surface area contributed by atoms with Gasteiger partial charge in [-0.3, -0.25) is 0 Å². The van der Waals surface area contributed by atoms with E-state index in [4.69, 9.17) is 9.47 Å². The lowest BCUT2D eigenvalue weighted by Crippen LogP contribution is -2.06. The minimum Gasteiger partial charge on any atom is -0.456 e. The molecule has 0 saturated carbocycles. The van der Waals surface area contributed by atoms with Crippen LogP contribution in [0.15, 0.2) is 0 Å². The monoisotopic (exact) mass is 310 g/mol. The zero-order chi connectivity index (χ0) is 16.8. The Kier molecular flexibility index (Phi) is 12.3. The molecule has 0 aliphatic rings. The first-order valence-corrected chi connectivity index (χ1v) is 8.27. The smallest absolute Gasteiger partial charge is 0.384 e. The Labute approximate surface area is 134 Å². The summed E-state index contributed by atoms with van der Waals surface area (Å²) in [5.41, 5.74) is 0. The molecule has 4 heteroatoms. The van der Waals surface area contributed by atoms with Crippen LogP contribution in [0.1, 0.15) is 66.2 Å². The summed E-state index contributed by atoms with van der Waals surface area (Å²) >= 11 is 0. The summed E-state index contributed by atoms with van der Waals surface area (Å²) in [6.07, 6.45) is 5.93. The second-order valence-corrected chi connectivity index (χ2v) is 6.30. The van der Waals surface area contributed by atoms with E-state index in [0.717, 1.165) is 38.5 Å². The lowest BCUT2D eigenvalue weighted by molar-refractivity contribution is -0.138. The van der Waals surface area contributed by atoms with Crippen LogP contribution in [0.5, 0.6) is 0 Å². The summed E-state index contributed by atoms with van der Waals surface area (Å²) in [6, 6.07) is 0. The zero-order valence-electron chi connectivity index (χ0n) is 14.4. The number of hydrogen-bond donors (Lipinski definition) is 0. The minimum atomic E-state index is -0.665. The maximum absolute atomic E-state index is 11.3. The molecule has 0 amide bonds. The third-order valence-electron chi connectivity index (χ3n) is 3.08. The topological polar surface area (TPSA) is 52.6 Å². The average molecular weight is 310 g/mol. The van der Waals surface area contributed by atoms with Gasteiger partial charge in [0.1, 0.15) is 0 Å². The van der Waals surface area contributed by atoms with Crippen LogP contribution in [0.3, 0.4) is 0 Å². The Hall–Kier alpha value is -1.50. The van der Waals surface area contributed by atoms with Gasteiger partial charge < -0.3 is 9.47 Å². The summed E-state index contributed by atoms with van der Waals surface area (Å²) in [5.74, 6) is 4.30. The molecule has 0 bridgehead atoms. The Morgan fingerprint density at radius 1 is 0.727 bits per heavy atom. The van der Waals surface area contributed by atoms with Gasteiger partial charge in [0, 0.05) is 11.8 Å². The molecule has 0 unspecified atom stereocenters. The molecule has 0 atom stereocenters. The third-order valence-corrected chi connectivity index (χ3v) is 3.08. The molecule has 0 aromatic heterocycles. The van der Waals surface area contributed by atoms with Crippen molar-refractivity contribution in [1.29, 1.82) is 0 Å². The quantitative estimate of drug-likeness (QED) is 0.267. The molecule has 0 fully saturated rings. The Morgan fingerprint density at radius 2 is 1.09 bits per heavy atom. The highest BCUT2D eigenvalue weighted by Crippen LogP contribution is 2.06. The van der Waals surface area contributed by atoms with Gasteiger partial charge in [-0.15, -0.1) is 0 Å². The fourth-order valence-corrected chi connectivity index (χ4v) is 1.81. The van der Waals surface area contributed by atoms with Crippen molar-refractivity contribution in [2.45, 2.75) is 66.2 Å². The number of hydrogen-bond acceptors (Lipinski definition) is 4. The molecule has 0 radical (unpaired) electrons. The summed E-state index contributed by atoms with van der Waals surface area (Å²) in [7, 11) is 0. The van der Waals surface area contributed by atoms with Crippen molar-refractivity contribution in [2.24, 2.45) is 11.8 Å². The first kappa shape index (κ1) is 20.5. The first-order valence-electron chi connectivity index (χ1n) is 8.27. The van der Waals surface area contributed by atoms with Crippen LogP contribution < -0.4 is 0 Å². The standard InChI is InChI=1S/C18H30O4/c1-15(2)9-5-7-13-21-17(19)11-12-18(20)22-14-8-6-10-16(3)4/h15-16H,5-10,13-14H2,1-4H3. The zero-order valence-corrected chi connectivity index (χ0v) is 14.4. The second-order valence-electron chi connectivity index (χ2n) is 6.30. The first-order chi connectivity index (χ1) is 10.4. The van der Waals surface area contributed by atoms with Crippen LogP contribution >= 0.6 is 0 Å². The SMILES string of the molecule is CC(C)CCCCOC(=O)C#CC(=O)OCCCCC(C)C. The Balaban J connectivity index is 3.65. The predicted octanol–water partition coefficient (Wildman–Crippen LogP) is 3.73. The number of unbranched alkanes of at least 4 members (excludes halogenated alkanes) is 2. The van der Waals surface area contributed by atoms with E-state index in [9.17, 15) is 9.59 Å². The van der Waals surface area contributed by atoms with Crippen LogP contribution in [0.2, 0.25) is 0 Å². The van der Waals surface area contributed by atoms with Crippen LogP contribution in [-0.2, 0) is 19.1 Å². The lowest BCUT2D eigenvalue weighted by Gasteiger charge is -2.04. The highest BCUT2D eigenvalue weighted by atomic mass is 16.5. The number of rotatable bonds is 10. The molecule has 0 heterocycles. The fourth-order valence-electron chi connectivity index (χ4n) is 1.81. The molecular weight excluding hydrogens is 280 g/mol. The van der Waals surface area contributed by atoms with Crippen LogP contribution in [0, 0.1) is 23.7 Å². The molecule has 0 aliphatic carbocycles. The number of carbonyl (C=O) groups excluding carboxylic acids is 2. The molecule has 0 saturated heterocycles. The highest BCUT2D eigenvalue weighted by Gasteiger charge is 2.01. The van der Waals surface area contributed by atoms with Crippen molar-refractivity contribution < 1.29 is 19.1 Å². The number of esters is 2. The molecule has 4 nitrogen and oxygen atoms in total. The van der Waals surface area contributed by atoms with Crippen molar-refractivity contribution in [1.82, 2.24) is 0 Å². The van der Waals surface area contributed by atoms with E-state index in [1.165, 1.54) is 0 Å². The molecule has 0 aromatic carbocycles. The van der Waals surface area contributed by atoms with Crippen molar-refractivity contribution >= 4 is 11.9 Å². The van der Waals surface area contributed by atoms with Gasteiger partial charge in [-0.1, -0.05) is 40.5 Å². The highest BCUT2D eigenvalue weighted by molar-refractivity contribution is 5.98. The summed E-state index contributed by atoms with van der Waals surface area (Å²) in [4.78, 5) is 22.6. The third kappa shape index (κ3) is 14.9. The molecule has 0 rings (SSSR count). The van der Waals surface area contributed by atoms with Crippen LogP contribution in [0.25, 0.3) is 0 Å². The van der Waals surface area contributed by atoms with Crippen LogP contribution in [-0.4, -0.2) is 25.2 Å². The van der Waals surface area contributed by atoms with Gasteiger partial charge in [0.2, 0.25) is 0 Å². The van der Waals surface area contributed by atoms with E-state index in [2.05, 4.69) is 39.5 Å². The second kappa shape index (κ2) is 13.2. The maximum atomic E-state index is 11.3. The van der Waals surface area contributed by atoms with E-state index in [0.29, 0.717) is 25.0 Å². The molecule has 22 heavy (non-hydrogen) atoms. The molecule has 0 aromatic rings. The van der Waals surface area contributed by atoms with E-state index in [1.807, 2.05) is 0 Å². The molecule has 0 N–H and O–H groups in total. The average Bonchev–Trinajstić information content (AvgIpc) is 2.43. The van der Waals surface area contributed by atoms with E-state index >= 15 is 0 Å². The van der Waals surface area contributed by atoms with Crippen LogP contribution in [0.4, 0.5) is 0 Å². The molecule has 126 valence electrons. The van der Waals surface area contributed by atoms with Gasteiger partial charge >= 0.3 is 11.9 Å². The Morgan fingerprint density at radius 3 is 1.41 bits per heavy atom. The molecule has 0 aliphatic heterocycles. The molecular formula is C18H30O4. The largest absolute Gasteiger partial charge is 0.456 e. The molecule has 0 spiro atoms. The number of carbonyl (C=O) groups is 2. The van der Waals surface area contributed by atoms with E-state index in [1.54, 1.807) is 0 Å². The van der Waals surface area contributed by atoms with Gasteiger partial charge in [0.15, 0.2) is 0 Å². The van der Waals surface area contributed by atoms with Gasteiger partial charge in [-0.05, 0) is 37.5 Å². The van der Waals surface area contributed by atoms with Gasteiger partial charge in [0.25, 0.3) is 0 Å². The number of ether oxygens (including phenoxy) is 2. The van der Waals surface area contributed by atoms with E-state index in [-0.39, 0.29) is 0 Å². The summed E-state index contributed by atoms with van der Waals surface area (Å²) in [5, 5.41) is 0. The lowest BCUT2D eigenvalue weighted by atomic mass is 10.1. The Bertz CT molecular complexity index is 340. The van der Waals surface area contributed by atoms with Crippen molar-refractivity contribution in [3.8, 4) is 11.8 Å². The summed E-state index contributed by atoms with van der Waals surface area (Å²) < 4.78 is 9.85. The van der Waals surface area contributed by atoms with Gasteiger partial charge in [-0.25, -0.2) is 9.59 Å². The predicted molar refractivity (Wildman–Crippen MR) is 87.1 cm³/mol. The fraction of sp³-hybridized carbons (Fsp3) is 0.778. The normalized spacial score (nSPS) is 10.3. The summed E-state index contributed by atoms with van der Waals surface area (Å²) in [6.45, 7) is 9.34. The minimum absolute atomic E-state index is 0.352. The van der Waals surface area contributed by atoms with E-state index < -0.39 is 11.9 Å². The van der Waals surface area contributed by atoms with Gasteiger partial charge in [-0.2, -0.15) is 0 Å².